The minimum absolute atomic E-state index is 0.184. The van der Waals surface area contributed by atoms with Crippen LogP contribution in [0.3, 0.4) is 0 Å². The molecule has 0 spiro atoms. The van der Waals surface area contributed by atoms with Gasteiger partial charge >= 0.3 is 0 Å². The Hall–Kier alpha value is -3.71. The topological polar surface area (TPSA) is 81.2 Å². The van der Waals surface area contributed by atoms with Crippen LogP contribution in [-0.2, 0) is 0 Å². The van der Waals surface area contributed by atoms with Gasteiger partial charge in [0.25, 0.3) is 5.91 Å². The third kappa shape index (κ3) is 4.15. The predicted octanol–water partition coefficient (Wildman–Crippen LogP) is 5.74. The van der Waals surface area contributed by atoms with E-state index in [0.29, 0.717) is 23.2 Å². The summed E-state index contributed by atoms with van der Waals surface area (Å²) in [6.45, 7) is 0. The maximum absolute atomic E-state index is 14.5. The maximum Gasteiger partial charge on any atom is 0.251 e. The van der Waals surface area contributed by atoms with E-state index in [1.807, 2.05) is 18.2 Å². The summed E-state index contributed by atoms with van der Waals surface area (Å²) in [5.41, 5.74) is 4.89. The number of aromatic nitrogens is 2. The predicted molar refractivity (Wildman–Crippen MR) is 145 cm³/mol. The van der Waals surface area contributed by atoms with Crippen LogP contribution < -0.4 is 10.2 Å². The first-order valence-corrected chi connectivity index (χ1v) is 13.7. The van der Waals surface area contributed by atoms with Crippen molar-refractivity contribution in [1.29, 1.82) is 0 Å². The SMILES string of the molecule is O=C(N[C@H](c1ccccc1F)C1CC1)c1ccc2[nH]nc(-c3ccc(N4[C@@H]5CC[C@H]4C[C@H](O)C5)cc3)c2c1. The first-order chi connectivity index (χ1) is 18.5. The van der Waals surface area contributed by atoms with E-state index in [-0.39, 0.29) is 29.8 Å². The number of aliphatic hydroxyl groups excluding tert-OH is 1. The third-order valence-corrected chi connectivity index (χ3v) is 8.59. The van der Waals surface area contributed by atoms with E-state index in [2.05, 4.69) is 44.7 Å². The van der Waals surface area contributed by atoms with Crippen LogP contribution in [0.25, 0.3) is 22.2 Å². The number of carbonyl (C=O) groups excluding carboxylic acids is 1. The van der Waals surface area contributed by atoms with Gasteiger partial charge in [0.15, 0.2) is 0 Å². The molecule has 2 saturated heterocycles. The molecule has 1 saturated carbocycles. The van der Waals surface area contributed by atoms with Gasteiger partial charge in [0.1, 0.15) is 5.82 Å². The number of benzene rings is 3. The lowest BCUT2D eigenvalue weighted by atomic mass is 9.98. The minimum Gasteiger partial charge on any atom is -0.393 e. The van der Waals surface area contributed by atoms with Crippen LogP contribution >= 0.6 is 0 Å². The molecule has 1 aromatic heterocycles. The standard InChI is InChI=1S/C31H31FN4O2/c32-27-4-2-1-3-25(27)29(18-5-6-18)33-31(38)20-9-14-28-26(15-20)30(35-34-28)19-7-10-21(11-8-19)36-22-12-13-23(36)17-24(37)16-22/h1-4,7-11,14-15,18,22-24,29,37H,5-6,12-13,16-17H2,(H,33,38)(H,34,35)/t22-,23+,24-,29-/m0/s1. The molecule has 3 fully saturated rings. The van der Waals surface area contributed by atoms with Gasteiger partial charge in [-0.05, 0) is 80.8 Å². The molecule has 7 rings (SSSR count). The summed E-state index contributed by atoms with van der Waals surface area (Å²) in [5, 5.41) is 21.8. The number of hydrogen-bond donors (Lipinski definition) is 3. The van der Waals surface area contributed by atoms with Crippen LogP contribution in [0.5, 0.6) is 0 Å². The highest BCUT2D eigenvalue weighted by molar-refractivity contribution is 6.01. The van der Waals surface area contributed by atoms with Crippen molar-refractivity contribution in [3.63, 3.8) is 0 Å². The summed E-state index contributed by atoms with van der Waals surface area (Å²) in [5.74, 6) is -0.229. The van der Waals surface area contributed by atoms with E-state index in [9.17, 15) is 14.3 Å². The fraction of sp³-hybridized carbons (Fsp3) is 0.355. The number of H-pyrrole nitrogens is 1. The van der Waals surface area contributed by atoms with Gasteiger partial charge in [0.05, 0.1) is 23.4 Å². The van der Waals surface area contributed by atoms with Crippen molar-refractivity contribution in [1.82, 2.24) is 15.5 Å². The summed E-state index contributed by atoms with van der Waals surface area (Å²) >= 11 is 0. The second kappa shape index (κ2) is 9.24. The summed E-state index contributed by atoms with van der Waals surface area (Å²) in [6.07, 6.45) is 5.74. The molecule has 1 aliphatic carbocycles. The summed E-state index contributed by atoms with van der Waals surface area (Å²) < 4.78 is 14.5. The molecule has 7 heteroatoms. The lowest BCUT2D eigenvalue weighted by Crippen LogP contribution is -2.44. The Morgan fingerprint density at radius 3 is 2.45 bits per heavy atom. The van der Waals surface area contributed by atoms with Crippen molar-refractivity contribution in [3.05, 3.63) is 83.7 Å². The van der Waals surface area contributed by atoms with Crippen molar-refractivity contribution in [2.75, 3.05) is 4.90 Å². The monoisotopic (exact) mass is 510 g/mol. The molecular weight excluding hydrogens is 479 g/mol. The molecule has 1 amide bonds. The van der Waals surface area contributed by atoms with Gasteiger partial charge in [-0.2, -0.15) is 5.10 Å². The van der Waals surface area contributed by atoms with Crippen LogP contribution in [0.15, 0.2) is 66.7 Å². The lowest BCUT2D eigenvalue weighted by molar-refractivity contribution is 0.0931. The summed E-state index contributed by atoms with van der Waals surface area (Å²) in [7, 11) is 0. The Morgan fingerprint density at radius 2 is 1.74 bits per heavy atom. The zero-order valence-electron chi connectivity index (χ0n) is 21.1. The highest BCUT2D eigenvalue weighted by Crippen LogP contribution is 2.42. The van der Waals surface area contributed by atoms with Crippen LogP contribution in [0, 0.1) is 11.7 Å². The smallest absolute Gasteiger partial charge is 0.251 e. The molecule has 3 aromatic carbocycles. The number of aromatic amines is 1. The molecule has 2 aliphatic heterocycles. The summed E-state index contributed by atoms with van der Waals surface area (Å²) in [6, 6.07) is 21.2. The Labute approximate surface area is 220 Å². The molecule has 4 aromatic rings. The number of hydrogen-bond acceptors (Lipinski definition) is 4. The van der Waals surface area contributed by atoms with Crippen LogP contribution in [-0.4, -0.2) is 39.4 Å². The number of amides is 1. The van der Waals surface area contributed by atoms with E-state index in [1.54, 1.807) is 18.2 Å². The number of piperidine rings is 1. The zero-order chi connectivity index (χ0) is 25.8. The van der Waals surface area contributed by atoms with Gasteiger partial charge in [-0.25, -0.2) is 4.39 Å². The second-order valence-corrected chi connectivity index (χ2v) is 11.1. The van der Waals surface area contributed by atoms with Crippen molar-refractivity contribution in [2.24, 2.45) is 5.92 Å². The molecule has 3 aliphatic rings. The molecule has 194 valence electrons. The first kappa shape index (κ1) is 23.4. The van der Waals surface area contributed by atoms with Crippen LogP contribution in [0.2, 0.25) is 0 Å². The van der Waals surface area contributed by atoms with Gasteiger partial charge in [-0.3, -0.25) is 9.89 Å². The molecule has 0 unspecified atom stereocenters. The van der Waals surface area contributed by atoms with E-state index in [4.69, 9.17) is 0 Å². The normalized spacial score (nSPS) is 23.5. The van der Waals surface area contributed by atoms with Crippen LogP contribution in [0.1, 0.15) is 60.5 Å². The van der Waals surface area contributed by atoms with Gasteiger partial charge < -0.3 is 15.3 Å². The Morgan fingerprint density at radius 1 is 1.00 bits per heavy atom. The molecule has 3 N–H and O–H groups in total. The second-order valence-electron chi connectivity index (χ2n) is 11.1. The van der Waals surface area contributed by atoms with Gasteiger partial charge in [-0.1, -0.05) is 30.3 Å². The first-order valence-electron chi connectivity index (χ1n) is 13.7. The molecule has 2 bridgehead atoms. The van der Waals surface area contributed by atoms with Crippen LogP contribution in [0.4, 0.5) is 10.1 Å². The van der Waals surface area contributed by atoms with E-state index in [1.165, 1.54) is 11.8 Å². The van der Waals surface area contributed by atoms with Gasteiger partial charge in [0.2, 0.25) is 0 Å². The number of aliphatic hydroxyl groups is 1. The summed E-state index contributed by atoms with van der Waals surface area (Å²) in [4.78, 5) is 15.8. The highest BCUT2D eigenvalue weighted by Gasteiger charge is 2.40. The Balaban J connectivity index is 1.14. The molecule has 38 heavy (non-hydrogen) atoms. The molecular formula is C31H31FN4O2. The number of fused-ring (bicyclic) bond motifs is 3. The Kier molecular flexibility index (Phi) is 5.69. The van der Waals surface area contributed by atoms with E-state index in [0.717, 1.165) is 60.7 Å². The largest absolute Gasteiger partial charge is 0.393 e. The van der Waals surface area contributed by atoms with Crippen molar-refractivity contribution in [3.8, 4) is 11.3 Å². The number of rotatable bonds is 6. The number of nitrogens with zero attached hydrogens (tertiary/aromatic N) is 2. The molecule has 4 atom stereocenters. The number of halogens is 1. The third-order valence-electron chi connectivity index (χ3n) is 8.59. The average molecular weight is 511 g/mol. The maximum atomic E-state index is 14.5. The van der Waals surface area contributed by atoms with Crippen molar-refractivity contribution >= 4 is 22.5 Å². The number of nitrogens with one attached hydrogen (secondary N) is 2. The molecule has 6 nitrogen and oxygen atoms in total. The molecule has 3 heterocycles. The van der Waals surface area contributed by atoms with Gasteiger partial charge in [-0.15, -0.1) is 0 Å². The van der Waals surface area contributed by atoms with E-state index >= 15 is 0 Å². The Bertz CT molecular complexity index is 1480. The zero-order valence-corrected chi connectivity index (χ0v) is 21.1. The number of carbonyl (C=O) groups is 1. The van der Waals surface area contributed by atoms with Crippen molar-refractivity contribution in [2.45, 2.75) is 62.8 Å². The average Bonchev–Trinajstić information content (AvgIpc) is 3.62. The fourth-order valence-electron chi connectivity index (χ4n) is 6.57. The number of anilines is 1. The quantitative estimate of drug-likeness (QED) is 0.309. The van der Waals surface area contributed by atoms with Gasteiger partial charge in [0, 0.05) is 39.8 Å². The van der Waals surface area contributed by atoms with E-state index < -0.39 is 0 Å². The fourth-order valence-corrected chi connectivity index (χ4v) is 6.57. The minimum atomic E-state index is -0.332. The lowest BCUT2D eigenvalue weighted by Gasteiger charge is -2.39. The molecule has 0 radical (unpaired) electrons. The highest BCUT2D eigenvalue weighted by atomic mass is 19.1. The van der Waals surface area contributed by atoms with Crippen molar-refractivity contribution < 1.29 is 14.3 Å².